The van der Waals surface area contributed by atoms with Crippen molar-refractivity contribution in [3.63, 3.8) is 0 Å². The molecule has 2 aliphatic heterocycles. The van der Waals surface area contributed by atoms with Crippen molar-refractivity contribution in [2.45, 2.75) is 37.9 Å². The minimum atomic E-state index is -1.09. The fraction of sp³-hybridized carbons (Fsp3) is 0.474. The van der Waals surface area contributed by atoms with E-state index in [0.717, 1.165) is 16.0 Å². The maximum atomic E-state index is 12.7. The van der Waals surface area contributed by atoms with Gasteiger partial charge < -0.3 is 15.3 Å². The number of carboxylic acids is 1. The highest BCUT2D eigenvalue weighted by Gasteiger charge is 2.46. The average Bonchev–Trinajstić information content (AvgIpc) is 2.91. The molecule has 0 radical (unpaired) electrons. The van der Waals surface area contributed by atoms with Crippen LogP contribution in [0.2, 0.25) is 0 Å². The Labute approximate surface area is 167 Å². The summed E-state index contributed by atoms with van der Waals surface area (Å²) >= 11 is 1.50. The van der Waals surface area contributed by atoms with Gasteiger partial charge in [0.25, 0.3) is 5.91 Å². The van der Waals surface area contributed by atoms with E-state index in [1.54, 1.807) is 4.90 Å². The lowest BCUT2D eigenvalue weighted by molar-refractivity contribution is -0.142. The summed E-state index contributed by atoms with van der Waals surface area (Å²) in [5, 5.41) is 11.7. The summed E-state index contributed by atoms with van der Waals surface area (Å²) in [6, 6.07) is 5.83. The van der Waals surface area contributed by atoms with Crippen LogP contribution in [-0.2, 0) is 27.3 Å². The van der Waals surface area contributed by atoms with Gasteiger partial charge in [-0.05, 0) is 29.6 Å². The van der Waals surface area contributed by atoms with E-state index in [1.165, 1.54) is 11.8 Å². The van der Waals surface area contributed by atoms with Gasteiger partial charge in [-0.25, -0.2) is 9.59 Å². The molecule has 0 unspecified atom stereocenters. The van der Waals surface area contributed by atoms with Crippen molar-refractivity contribution in [2.75, 3.05) is 18.6 Å². The summed E-state index contributed by atoms with van der Waals surface area (Å²) in [5.74, 6) is -1.27. The maximum Gasteiger partial charge on any atom is 0.327 e. The number of urea groups is 1. The van der Waals surface area contributed by atoms with Crippen LogP contribution in [0, 0.1) is 0 Å². The normalized spacial score (nSPS) is 19.2. The zero-order valence-corrected chi connectivity index (χ0v) is 16.4. The Morgan fingerprint density at radius 1 is 1.29 bits per heavy atom. The van der Waals surface area contributed by atoms with Crippen molar-refractivity contribution in [2.24, 2.45) is 0 Å². The molecule has 1 aromatic carbocycles. The van der Waals surface area contributed by atoms with Crippen molar-refractivity contribution < 1.29 is 24.3 Å². The number of thioether (sulfide) groups is 1. The SMILES string of the molecule is CSCC[C@H](NC(=O)CCN1C(=O)[C@H]2Cc3ccccc3CN2C1=O)C(=O)O. The molecule has 2 heterocycles. The predicted molar refractivity (Wildman–Crippen MR) is 104 cm³/mol. The lowest BCUT2D eigenvalue weighted by Gasteiger charge is -2.28. The molecule has 1 fully saturated rings. The summed E-state index contributed by atoms with van der Waals surface area (Å²) in [6.07, 6.45) is 2.53. The lowest BCUT2D eigenvalue weighted by atomic mass is 9.95. The van der Waals surface area contributed by atoms with E-state index in [9.17, 15) is 24.3 Å². The van der Waals surface area contributed by atoms with Crippen LogP contribution in [0.4, 0.5) is 4.79 Å². The largest absolute Gasteiger partial charge is 0.480 e. The molecule has 2 atom stereocenters. The second-order valence-corrected chi connectivity index (χ2v) is 7.86. The van der Waals surface area contributed by atoms with Crippen molar-refractivity contribution in [1.29, 1.82) is 0 Å². The summed E-state index contributed by atoms with van der Waals surface area (Å²) in [7, 11) is 0. The number of imide groups is 1. The monoisotopic (exact) mass is 405 g/mol. The molecule has 0 aromatic heterocycles. The molecule has 1 aromatic rings. The molecule has 2 N–H and O–H groups in total. The van der Waals surface area contributed by atoms with Gasteiger partial charge in [0, 0.05) is 25.9 Å². The number of nitrogens with zero attached hydrogens (tertiary/aromatic N) is 2. The Hall–Kier alpha value is -2.55. The van der Waals surface area contributed by atoms with E-state index in [4.69, 9.17) is 0 Å². The Bertz CT molecular complexity index is 757. The first-order valence-electron chi connectivity index (χ1n) is 9.12. The topological polar surface area (TPSA) is 107 Å². The number of benzene rings is 1. The number of carbonyl (C=O) groups is 4. The molecule has 8 nitrogen and oxygen atoms in total. The van der Waals surface area contributed by atoms with Gasteiger partial charge >= 0.3 is 12.0 Å². The van der Waals surface area contributed by atoms with Crippen molar-refractivity contribution in [3.05, 3.63) is 35.4 Å². The van der Waals surface area contributed by atoms with Crippen LogP contribution >= 0.6 is 11.8 Å². The number of carbonyl (C=O) groups excluding carboxylic acids is 3. The first-order chi connectivity index (χ1) is 13.4. The predicted octanol–water partition coefficient (Wildman–Crippen LogP) is 1.09. The van der Waals surface area contributed by atoms with E-state index < -0.39 is 30.0 Å². The molecule has 150 valence electrons. The van der Waals surface area contributed by atoms with Crippen LogP contribution in [0.25, 0.3) is 0 Å². The molecule has 0 saturated carbocycles. The minimum absolute atomic E-state index is 0.0539. The molecular formula is C19H23N3O5S. The second-order valence-electron chi connectivity index (χ2n) is 6.88. The number of nitrogens with one attached hydrogen (secondary N) is 1. The highest BCUT2D eigenvalue weighted by molar-refractivity contribution is 7.98. The van der Waals surface area contributed by atoms with Crippen LogP contribution < -0.4 is 5.32 Å². The summed E-state index contributed by atoms with van der Waals surface area (Å²) in [5.41, 5.74) is 2.08. The molecule has 9 heteroatoms. The molecule has 0 bridgehead atoms. The van der Waals surface area contributed by atoms with Crippen molar-refractivity contribution in [3.8, 4) is 0 Å². The third-order valence-electron chi connectivity index (χ3n) is 5.08. The highest BCUT2D eigenvalue weighted by Crippen LogP contribution is 2.29. The Morgan fingerprint density at radius 2 is 2.00 bits per heavy atom. The highest BCUT2D eigenvalue weighted by atomic mass is 32.2. The number of aliphatic carboxylic acids is 1. The molecule has 28 heavy (non-hydrogen) atoms. The second kappa shape index (κ2) is 8.64. The zero-order chi connectivity index (χ0) is 20.3. The molecule has 2 aliphatic rings. The van der Waals surface area contributed by atoms with E-state index in [0.29, 0.717) is 25.1 Å². The first-order valence-corrected chi connectivity index (χ1v) is 10.5. The van der Waals surface area contributed by atoms with E-state index >= 15 is 0 Å². The molecular weight excluding hydrogens is 382 g/mol. The van der Waals surface area contributed by atoms with Crippen LogP contribution in [0.1, 0.15) is 24.0 Å². The van der Waals surface area contributed by atoms with E-state index in [1.807, 2.05) is 30.5 Å². The third kappa shape index (κ3) is 4.14. The van der Waals surface area contributed by atoms with Crippen LogP contribution in [0.15, 0.2) is 24.3 Å². The standard InChI is InChI=1S/C19H23N3O5S/c1-28-9-7-14(18(25)26)20-16(23)6-8-21-17(24)15-10-12-4-2-3-5-13(12)11-22(15)19(21)27/h2-5,14-15H,6-11H2,1H3,(H,20,23)(H,25,26)/t14-,15+/m0/s1. The van der Waals surface area contributed by atoms with Crippen LogP contribution in [-0.4, -0.2) is 69.4 Å². The smallest absolute Gasteiger partial charge is 0.327 e. The summed E-state index contributed by atoms with van der Waals surface area (Å²) in [4.78, 5) is 51.3. The molecule has 0 spiro atoms. The fourth-order valence-electron chi connectivity index (χ4n) is 3.55. The van der Waals surface area contributed by atoms with Gasteiger partial charge in [0.2, 0.25) is 5.91 Å². The number of hydrogen-bond acceptors (Lipinski definition) is 5. The van der Waals surface area contributed by atoms with Gasteiger partial charge in [0.1, 0.15) is 12.1 Å². The van der Waals surface area contributed by atoms with Crippen molar-refractivity contribution in [1.82, 2.24) is 15.1 Å². The van der Waals surface area contributed by atoms with Gasteiger partial charge in [0.15, 0.2) is 0 Å². The average molecular weight is 405 g/mol. The van der Waals surface area contributed by atoms with E-state index in [2.05, 4.69) is 5.32 Å². The van der Waals surface area contributed by atoms with Crippen molar-refractivity contribution >= 4 is 35.6 Å². The van der Waals surface area contributed by atoms with Crippen LogP contribution in [0.3, 0.4) is 0 Å². The number of fused-ring (bicyclic) bond motifs is 2. The van der Waals surface area contributed by atoms with E-state index in [-0.39, 0.29) is 18.9 Å². The molecule has 1 saturated heterocycles. The summed E-state index contributed by atoms with van der Waals surface area (Å²) in [6.45, 7) is 0.325. The summed E-state index contributed by atoms with van der Waals surface area (Å²) < 4.78 is 0. The Balaban J connectivity index is 1.58. The van der Waals surface area contributed by atoms with Gasteiger partial charge in [0.05, 0.1) is 0 Å². The maximum absolute atomic E-state index is 12.7. The number of amides is 4. The number of rotatable bonds is 8. The van der Waals surface area contributed by atoms with Gasteiger partial charge in [-0.15, -0.1) is 0 Å². The minimum Gasteiger partial charge on any atom is -0.480 e. The van der Waals surface area contributed by atoms with Gasteiger partial charge in [-0.1, -0.05) is 24.3 Å². The Kier molecular flexibility index (Phi) is 6.23. The molecule has 3 rings (SSSR count). The van der Waals surface area contributed by atoms with Gasteiger partial charge in [-0.3, -0.25) is 14.5 Å². The fourth-order valence-corrected chi connectivity index (χ4v) is 4.02. The third-order valence-corrected chi connectivity index (χ3v) is 5.73. The quantitative estimate of drug-likeness (QED) is 0.627. The number of carboxylic acid groups (broad SMARTS) is 1. The van der Waals surface area contributed by atoms with Crippen LogP contribution in [0.5, 0.6) is 0 Å². The van der Waals surface area contributed by atoms with Gasteiger partial charge in [-0.2, -0.15) is 11.8 Å². The lowest BCUT2D eigenvalue weighted by Crippen LogP contribution is -2.43. The molecule has 0 aliphatic carbocycles. The zero-order valence-electron chi connectivity index (χ0n) is 15.6. The Morgan fingerprint density at radius 3 is 2.68 bits per heavy atom. The number of hydrogen-bond donors (Lipinski definition) is 2. The first kappa shape index (κ1) is 20.2. The molecule has 4 amide bonds.